The van der Waals surface area contributed by atoms with Crippen molar-refractivity contribution < 1.29 is 24.2 Å². The fourth-order valence-electron chi connectivity index (χ4n) is 2.89. The summed E-state index contributed by atoms with van der Waals surface area (Å²) in [5.74, 6) is -1.77. The van der Waals surface area contributed by atoms with Gasteiger partial charge in [-0.1, -0.05) is 48.5 Å². The van der Waals surface area contributed by atoms with Crippen molar-refractivity contribution in [2.45, 2.75) is 19.1 Å². The highest BCUT2D eigenvalue weighted by Crippen LogP contribution is 2.19. The van der Waals surface area contributed by atoms with Gasteiger partial charge in [0.05, 0.1) is 0 Å². The third kappa shape index (κ3) is 5.58. The number of ether oxygens (including phenoxy) is 1. The number of alkyl carbamates (subject to hydrolysis) is 1. The number of fused-ring (bicyclic) bond motifs is 1. The quantitative estimate of drug-likeness (QED) is 0.466. The Morgan fingerprint density at radius 2 is 1.76 bits per heavy atom. The van der Waals surface area contributed by atoms with Crippen LogP contribution in [0.1, 0.15) is 11.1 Å². The zero-order chi connectivity index (χ0) is 20.6. The van der Waals surface area contributed by atoms with E-state index in [2.05, 4.69) is 15.6 Å². The van der Waals surface area contributed by atoms with Crippen LogP contribution in [-0.4, -0.2) is 40.6 Å². The predicted molar refractivity (Wildman–Crippen MR) is 106 cm³/mol. The maximum atomic E-state index is 12.1. The summed E-state index contributed by atoms with van der Waals surface area (Å²) in [4.78, 5) is 38.4. The maximum absolute atomic E-state index is 12.1. The predicted octanol–water partition coefficient (Wildman–Crippen LogP) is 2.21. The average Bonchev–Trinajstić information content (AvgIpc) is 3.14. The Morgan fingerprint density at radius 3 is 2.52 bits per heavy atom. The Bertz CT molecular complexity index is 1000. The van der Waals surface area contributed by atoms with E-state index in [4.69, 9.17) is 4.74 Å². The number of amides is 2. The number of H-pyrrole nitrogens is 1. The van der Waals surface area contributed by atoms with Crippen LogP contribution in [0.3, 0.4) is 0 Å². The van der Waals surface area contributed by atoms with E-state index in [1.165, 1.54) is 0 Å². The number of carboxylic acid groups (broad SMARTS) is 1. The van der Waals surface area contributed by atoms with Crippen molar-refractivity contribution in [3.8, 4) is 0 Å². The minimum absolute atomic E-state index is 0.0760. The Hall–Kier alpha value is -3.81. The van der Waals surface area contributed by atoms with Gasteiger partial charge in [-0.2, -0.15) is 0 Å². The molecule has 1 heterocycles. The minimum Gasteiger partial charge on any atom is -0.480 e. The smallest absolute Gasteiger partial charge is 0.407 e. The molecule has 0 saturated carbocycles. The van der Waals surface area contributed by atoms with Crippen molar-refractivity contribution in [3.63, 3.8) is 0 Å². The number of rotatable bonds is 8. The molecule has 3 aromatic rings. The van der Waals surface area contributed by atoms with Gasteiger partial charge in [0.15, 0.2) is 0 Å². The van der Waals surface area contributed by atoms with Crippen LogP contribution < -0.4 is 10.6 Å². The summed E-state index contributed by atoms with van der Waals surface area (Å²) in [6.45, 7) is -0.308. The number of carboxylic acids is 1. The van der Waals surface area contributed by atoms with Gasteiger partial charge in [-0.25, -0.2) is 9.59 Å². The van der Waals surface area contributed by atoms with Gasteiger partial charge < -0.3 is 25.5 Å². The van der Waals surface area contributed by atoms with Crippen LogP contribution in [0.2, 0.25) is 0 Å². The van der Waals surface area contributed by atoms with E-state index in [-0.39, 0.29) is 19.6 Å². The Kier molecular flexibility index (Phi) is 6.47. The first-order valence-corrected chi connectivity index (χ1v) is 9.04. The molecule has 150 valence electrons. The number of para-hydroxylation sites is 1. The largest absolute Gasteiger partial charge is 0.480 e. The Labute approximate surface area is 166 Å². The van der Waals surface area contributed by atoms with Crippen molar-refractivity contribution in [3.05, 3.63) is 71.9 Å². The number of aromatic amines is 1. The van der Waals surface area contributed by atoms with E-state index < -0.39 is 24.0 Å². The van der Waals surface area contributed by atoms with Crippen LogP contribution in [0.4, 0.5) is 4.79 Å². The molecule has 1 aromatic heterocycles. The first-order chi connectivity index (χ1) is 14.0. The van der Waals surface area contributed by atoms with E-state index in [1.807, 2.05) is 54.6 Å². The molecule has 4 N–H and O–H groups in total. The SMILES string of the molecule is O=C(CNC(=O)OCc1ccccc1)N[C@@H](Cc1c[nH]c2ccccc12)C(=O)O. The number of carbonyl (C=O) groups is 3. The lowest BCUT2D eigenvalue weighted by Crippen LogP contribution is -2.46. The molecule has 0 fully saturated rings. The van der Waals surface area contributed by atoms with E-state index in [9.17, 15) is 19.5 Å². The fourth-order valence-corrected chi connectivity index (χ4v) is 2.89. The van der Waals surface area contributed by atoms with Gasteiger partial charge in [0.25, 0.3) is 0 Å². The number of nitrogens with one attached hydrogen (secondary N) is 3. The summed E-state index contributed by atoms with van der Waals surface area (Å²) in [7, 11) is 0. The van der Waals surface area contributed by atoms with Crippen LogP contribution in [-0.2, 0) is 27.4 Å². The van der Waals surface area contributed by atoms with Crippen LogP contribution >= 0.6 is 0 Å². The Morgan fingerprint density at radius 1 is 1.03 bits per heavy atom. The number of aliphatic carboxylic acids is 1. The molecule has 2 amide bonds. The standard InChI is InChI=1S/C21H21N3O5/c25-19(12-23-21(28)29-13-14-6-2-1-3-7-14)24-18(20(26)27)10-15-11-22-17-9-5-4-8-16(15)17/h1-9,11,18,22H,10,12-13H2,(H,23,28)(H,24,25)(H,26,27)/t18-/m0/s1. The summed E-state index contributed by atoms with van der Waals surface area (Å²) in [5.41, 5.74) is 2.49. The lowest BCUT2D eigenvalue weighted by atomic mass is 10.1. The normalized spacial score (nSPS) is 11.6. The summed E-state index contributed by atoms with van der Waals surface area (Å²) >= 11 is 0. The van der Waals surface area contributed by atoms with Crippen molar-refractivity contribution in [2.24, 2.45) is 0 Å². The molecular formula is C21H21N3O5. The molecule has 8 heteroatoms. The van der Waals surface area contributed by atoms with E-state index >= 15 is 0 Å². The lowest BCUT2D eigenvalue weighted by Gasteiger charge is -2.14. The second kappa shape index (κ2) is 9.41. The van der Waals surface area contributed by atoms with Gasteiger partial charge in [-0.3, -0.25) is 4.79 Å². The van der Waals surface area contributed by atoms with Gasteiger partial charge in [0.2, 0.25) is 5.91 Å². The molecular weight excluding hydrogens is 374 g/mol. The van der Waals surface area contributed by atoms with E-state index in [0.29, 0.717) is 0 Å². The molecule has 2 aromatic carbocycles. The molecule has 0 aliphatic rings. The van der Waals surface area contributed by atoms with E-state index in [0.717, 1.165) is 22.0 Å². The number of aromatic nitrogens is 1. The molecule has 0 radical (unpaired) electrons. The van der Waals surface area contributed by atoms with Gasteiger partial charge in [-0.15, -0.1) is 0 Å². The minimum atomic E-state index is -1.16. The van der Waals surface area contributed by atoms with Crippen molar-refractivity contribution in [2.75, 3.05) is 6.54 Å². The van der Waals surface area contributed by atoms with Crippen LogP contribution in [0.5, 0.6) is 0 Å². The first kappa shape index (κ1) is 19.9. The number of carbonyl (C=O) groups excluding carboxylic acids is 2. The molecule has 0 saturated heterocycles. The number of hydrogen-bond acceptors (Lipinski definition) is 4. The highest BCUT2D eigenvalue weighted by molar-refractivity contribution is 5.88. The topological polar surface area (TPSA) is 121 Å². The summed E-state index contributed by atoms with van der Waals surface area (Å²) < 4.78 is 5.01. The van der Waals surface area contributed by atoms with Crippen LogP contribution in [0, 0.1) is 0 Å². The highest BCUT2D eigenvalue weighted by Gasteiger charge is 2.22. The third-order valence-electron chi connectivity index (χ3n) is 4.34. The first-order valence-electron chi connectivity index (χ1n) is 9.04. The molecule has 29 heavy (non-hydrogen) atoms. The average molecular weight is 395 g/mol. The third-order valence-corrected chi connectivity index (χ3v) is 4.34. The van der Waals surface area contributed by atoms with Gasteiger partial charge >= 0.3 is 12.1 Å². The Balaban J connectivity index is 1.49. The zero-order valence-corrected chi connectivity index (χ0v) is 15.6. The lowest BCUT2D eigenvalue weighted by molar-refractivity contribution is -0.141. The molecule has 0 spiro atoms. The monoisotopic (exact) mass is 395 g/mol. The molecule has 0 aliphatic heterocycles. The molecule has 0 unspecified atom stereocenters. The molecule has 3 rings (SSSR count). The van der Waals surface area contributed by atoms with Crippen LogP contribution in [0.15, 0.2) is 60.8 Å². The van der Waals surface area contributed by atoms with Crippen molar-refractivity contribution in [1.29, 1.82) is 0 Å². The molecule has 0 aliphatic carbocycles. The van der Waals surface area contributed by atoms with Gasteiger partial charge in [-0.05, 0) is 17.2 Å². The van der Waals surface area contributed by atoms with Crippen molar-refractivity contribution >= 4 is 28.9 Å². The van der Waals surface area contributed by atoms with Crippen molar-refractivity contribution in [1.82, 2.24) is 15.6 Å². The second-order valence-electron chi connectivity index (χ2n) is 6.44. The summed E-state index contributed by atoms with van der Waals surface area (Å²) in [6, 6.07) is 15.5. The maximum Gasteiger partial charge on any atom is 0.407 e. The number of benzene rings is 2. The molecule has 0 bridgehead atoms. The van der Waals surface area contributed by atoms with Gasteiger partial charge in [0.1, 0.15) is 19.2 Å². The fraction of sp³-hybridized carbons (Fsp3) is 0.190. The van der Waals surface area contributed by atoms with Crippen LogP contribution in [0.25, 0.3) is 10.9 Å². The second-order valence-corrected chi connectivity index (χ2v) is 6.44. The number of hydrogen-bond donors (Lipinski definition) is 4. The molecule has 1 atom stereocenters. The van der Waals surface area contributed by atoms with Gasteiger partial charge in [0, 0.05) is 23.5 Å². The zero-order valence-electron chi connectivity index (χ0n) is 15.6. The van der Waals surface area contributed by atoms with E-state index in [1.54, 1.807) is 6.20 Å². The summed E-state index contributed by atoms with van der Waals surface area (Å²) in [5, 5.41) is 15.1. The highest BCUT2D eigenvalue weighted by atomic mass is 16.5. The summed E-state index contributed by atoms with van der Waals surface area (Å²) in [6.07, 6.45) is 1.09. The molecule has 8 nitrogen and oxygen atoms in total.